The molecule has 5 heteroatoms. The van der Waals surface area contributed by atoms with E-state index in [1.54, 1.807) is 14.2 Å². The van der Waals surface area contributed by atoms with Crippen LogP contribution in [0, 0.1) is 6.92 Å². The SMILES string of the molecule is COc1cc(CN2CC[C@@H](c3nc(C)cn3C)C2)cc(OC)c1. The molecule has 0 radical (unpaired) electrons. The highest BCUT2D eigenvalue weighted by Gasteiger charge is 2.27. The van der Waals surface area contributed by atoms with Crippen LogP contribution in [-0.4, -0.2) is 41.8 Å². The first-order valence-corrected chi connectivity index (χ1v) is 8.03. The summed E-state index contributed by atoms with van der Waals surface area (Å²) in [5, 5.41) is 0. The van der Waals surface area contributed by atoms with Crippen molar-refractivity contribution in [3.63, 3.8) is 0 Å². The van der Waals surface area contributed by atoms with E-state index in [9.17, 15) is 0 Å². The van der Waals surface area contributed by atoms with Gasteiger partial charge in [0.2, 0.25) is 0 Å². The maximum absolute atomic E-state index is 5.36. The molecule has 3 rings (SSSR count). The molecular weight excluding hydrogens is 290 g/mol. The lowest BCUT2D eigenvalue weighted by Gasteiger charge is -2.17. The molecule has 1 atom stereocenters. The number of methoxy groups -OCH3 is 2. The molecule has 2 aromatic rings. The first-order chi connectivity index (χ1) is 11.1. The summed E-state index contributed by atoms with van der Waals surface area (Å²) in [4.78, 5) is 7.16. The van der Waals surface area contributed by atoms with E-state index in [0.717, 1.165) is 43.2 Å². The largest absolute Gasteiger partial charge is 0.497 e. The maximum Gasteiger partial charge on any atom is 0.122 e. The Labute approximate surface area is 137 Å². The third kappa shape index (κ3) is 3.50. The van der Waals surface area contributed by atoms with Gasteiger partial charge in [0.1, 0.15) is 17.3 Å². The number of ether oxygens (including phenoxy) is 2. The molecule has 1 fully saturated rings. The van der Waals surface area contributed by atoms with Crippen LogP contribution in [0.15, 0.2) is 24.4 Å². The number of benzene rings is 1. The molecule has 23 heavy (non-hydrogen) atoms. The van der Waals surface area contributed by atoms with Crippen molar-refractivity contribution in [2.24, 2.45) is 7.05 Å². The van der Waals surface area contributed by atoms with Crippen molar-refractivity contribution in [2.45, 2.75) is 25.8 Å². The molecule has 0 bridgehead atoms. The zero-order valence-corrected chi connectivity index (χ0v) is 14.4. The Morgan fingerprint density at radius 3 is 2.43 bits per heavy atom. The summed E-state index contributed by atoms with van der Waals surface area (Å²) in [6, 6.07) is 6.08. The number of aryl methyl sites for hydroxylation is 2. The Morgan fingerprint density at radius 1 is 1.17 bits per heavy atom. The molecule has 0 unspecified atom stereocenters. The van der Waals surface area contributed by atoms with Gasteiger partial charge in [-0.05, 0) is 37.6 Å². The van der Waals surface area contributed by atoms with Crippen LogP contribution in [0.3, 0.4) is 0 Å². The standard InChI is InChI=1S/C18H25N3O2/c1-13-10-20(2)18(19-13)15-5-6-21(12-15)11-14-7-16(22-3)9-17(8-14)23-4/h7-10,15H,5-6,11-12H2,1-4H3/t15-/m1/s1. The lowest BCUT2D eigenvalue weighted by molar-refractivity contribution is 0.322. The van der Waals surface area contributed by atoms with E-state index < -0.39 is 0 Å². The second-order valence-electron chi connectivity index (χ2n) is 6.29. The van der Waals surface area contributed by atoms with Crippen LogP contribution in [0.4, 0.5) is 0 Å². The van der Waals surface area contributed by atoms with Crippen molar-refractivity contribution in [1.29, 1.82) is 0 Å². The van der Waals surface area contributed by atoms with Gasteiger partial charge in [-0.2, -0.15) is 0 Å². The van der Waals surface area contributed by atoms with Gasteiger partial charge in [0, 0.05) is 38.3 Å². The van der Waals surface area contributed by atoms with E-state index in [1.165, 1.54) is 11.4 Å². The average Bonchev–Trinajstić information content (AvgIpc) is 3.12. The van der Waals surface area contributed by atoms with E-state index in [0.29, 0.717) is 5.92 Å². The Bertz CT molecular complexity index is 659. The fourth-order valence-corrected chi connectivity index (χ4v) is 3.42. The highest BCUT2D eigenvalue weighted by atomic mass is 16.5. The number of aromatic nitrogens is 2. The normalized spacial score (nSPS) is 18.3. The van der Waals surface area contributed by atoms with Crippen molar-refractivity contribution in [2.75, 3.05) is 27.3 Å². The highest BCUT2D eigenvalue weighted by molar-refractivity contribution is 5.38. The molecule has 1 saturated heterocycles. The van der Waals surface area contributed by atoms with Crippen LogP contribution in [0.2, 0.25) is 0 Å². The van der Waals surface area contributed by atoms with Crippen LogP contribution in [-0.2, 0) is 13.6 Å². The van der Waals surface area contributed by atoms with Crippen LogP contribution < -0.4 is 9.47 Å². The van der Waals surface area contributed by atoms with E-state index in [1.807, 2.05) is 6.07 Å². The van der Waals surface area contributed by atoms with E-state index in [-0.39, 0.29) is 0 Å². The molecular formula is C18H25N3O2. The molecule has 1 aliphatic rings. The molecule has 5 nitrogen and oxygen atoms in total. The summed E-state index contributed by atoms with van der Waals surface area (Å²) >= 11 is 0. The van der Waals surface area contributed by atoms with Crippen LogP contribution in [0.5, 0.6) is 11.5 Å². The predicted molar refractivity (Wildman–Crippen MR) is 90.1 cm³/mol. The maximum atomic E-state index is 5.36. The topological polar surface area (TPSA) is 39.5 Å². The molecule has 1 aliphatic heterocycles. The first-order valence-electron chi connectivity index (χ1n) is 8.03. The van der Waals surface area contributed by atoms with E-state index in [4.69, 9.17) is 9.47 Å². The van der Waals surface area contributed by atoms with Gasteiger partial charge in [-0.15, -0.1) is 0 Å². The Kier molecular flexibility index (Phi) is 4.57. The van der Waals surface area contributed by atoms with Gasteiger partial charge < -0.3 is 14.0 Å². The van der Waals surface area contributed by atoms with Crippen molar-refractivity contribution < 1.29 is 9.47 Å². The summed E-state index contributed by atoms with van der Waals surface area (Å²) in [6.45, 7) is 5.10. The molecule has 0 aliphatic carbocycles. The van der Waals surface area contributed by atoms with Crippen molar-refractivity contribution in [1.82, 2.24) is 14.5 Å². The fraction of sp³-hybridized carbons (Fsp3) is 0.500. The number of rotatable bonds is 5. The minimum atomic E-state index is 0.515. The average molecular weight is 315 g/mol. The number of imidazole rings is 1. The van der Waals surface area contributed by atoms with Crippen molar-refractivity contribution >= 4 is 0 Å². The first kappa shape index (κ1) is 15.9. The van der Waals surface area contributed by atoms with Gasteiger partial charge in [-0.3, -0.25) is 4.90 Å². The number of nitrogens with zero attached hydrogens (tertiary/aromatic N) is 3. The minimum Gasteiger partial charge on any atom is -0.497 e. The van der Waals surface area contributed by atoms with Gasteiger partial charge >= 0.3 is 0 Å². The zero-order valence-electron chi connectivity index (χ0n) is 14.4. The van der Waals surface area contributed by atoms with E-state index in [2.05, 4.69) is 46.8 Å². The lowest BCUT2D eigenvalue weighted by atomic mass is 10.1. The van der Waals surface area contributed by atoms with Gasteiger partial charge in [0.25, 0.3) is 0 Å². The summed E-state index contributed by atoms with van der Waals surface area (Å²) < 4.78 is 12.9. The summed E-state index contributed by atoms with van der Waals surface area (Å²) in [6.07, 6.45) is 3.26. The summed E-state index contributed by atoms with van der Waals surface area (Å²) in [5.74, 6) is 3.40. The van der Waals surface area contributed by atoms with Crippen LogP contribution in [0.1, 0.15) is 29.4 Å². The van der Waals surface area contributed by atoms with E-state index >= 15 is 0 Å². The fourth-order valence-electron chi connectivity index (χ4n) is 3.42. The third-order valence-electron chi connectivity index (χ3n) is 4.49. The second kappa shape index (κ2) is 6.62. The third-order valence-corrected chi connectivity index (χ3v) is 4.49. The summed E-state index contributed by atoms with van der Waals surface area (Å²) in [5.41, 5.74) is 2.32. The number of hydrogen-bond acceptors (Lipinski definition) is 4. The molecule has 0 spiro atoms. The molecule has 0 saturated carbocycles. The van der Waals surface area contributed by atoms with Gasteiger partial charge in [0.05, 0.1) is 19.9 Å². The molecule has 2 heterocycles. The predicted octanol–water partition coefficient (Wildman–Crippen LogP) is 2.74. The molecule has 0 amide bonds. The minimum absolute atomic E-state index is 0.515. The second-order valence-corrected chi connectivity index (χ2v) is 6.29. The molecule has 124 valence electrons. The Hall–Kier alpha value is -2.01. The molecule has 1 aromatic carbocycles. The monoisotopic (exact) mass is 315 g/mol. The van der Waals surface area contributed by atoms with Gasteiger partial charge in [-0.1, -0.05) is 0 Å². The lowest BCUT2D eigenvalue weighted by Crippen LogP contribution is -2.20. The van der Waals surface area contributed by atoms with Gasteiger partial charge in [0.15, 0.2) is 0 Å². The van der Waals surface area contributed by atoms with Crippen molar-refractivity contribution in [3.8, 4) is 11.5 Å². The highest BCUT2D eigenvalue weighted by Crippen LogP contribution is 2.29. The smallest absolute Gasteiger partial charge is 0.122 e. The Balaban J connectivity index is 1.69. The number of likely N-dealkylation sites (tertiary alicyclic amines) is 1. The quantitative estimate of drug-likeness (QED) is 0.850. The van der Waals surface area contributed by atoms with Crippen LogP contribution >= 0.6 is 0 Å². The molecule has 0 N–H and O–H groups in total. The Morgan fingerprint density at radius 2 is 1.87 bits per heavy atom. The zero-order chi connectivity index (χ0) is 16.4. The van der Waals surface area contributed by atoms with Crippen LogP contribution in [0.25, 0.3) is 0 Å². The van der Waals surface area contributed by atoms with Crippen molar-refractivity contribution in [3.05, 3.63) is 41.5 Å². The summed E-state index contributed by atoms with van der Waals surface area (Å²) in [7, 11) is 5.46. The van der Waals surface area contributed by atoms with Gasteiger partial charge in [-0.25, -0.2) is 4.98 Å². The molecule has 1 aromatic heterocycles. The number of hydrogen-bond donors (Lipinski definition) is 0.